The van der Waals surface area contributed by atoms with Crippen LogP contribution in [0, 0.1) is 0 Å². The van der Waals surface area contributed by atoms with Gasteiger partial charge in [0.2, 0.25) is 5.89 Å². The van der Waals surface area contributed by atoms with Crippen molar-refractivity contribution in [3.63, 3.8) is 0 Å². The summed E-state index contributed by atoms with van der Waals surface area (Å²) in [5, 5.41) is 0.833. The van der Waals surface area contributed by atoms with E-state index in [-0.39, 0.29) is 6.61 Å². The topological polar surface area (TPSA) is 74.7 Å². The molecule has 0 N–H and O–H groups in total. The van der Waals surface area contributed by atoms with Crippen molar-refractivity contribution in [2.75, 3.05) is 7.11 Å². The number of fused-ring (bicyclic) bond motifs is 1. The molecule has 4 aromatic rings. The second-order valence-corrected chi connectivity index (χ2v) is 5.62. The fraction of sp³-hybridized carbons (Fsp3) is 0.100. The lowest BCUT2D eigenvalue weighted by Gasteiger charge is -2.04. The Morgan fingerprint density at radius 1 is 1.00 bits per heavy atom. The SMILES string of the molecule is COc1ccc(-c2nc(COc3ccc4ccc(=O)oc4c3)co2)cc1. The Kier molecular flexibility index (Phi) is 4.15. The first-order valence-electron chi connectivity index (χ1n) is 7.97. The van der Waals surface area contributed by atoms with Crippen molar-refractivity contribution in [3.05, 3.63) is 77.0 Å². The maximum Gasteiger partial charge on any atom is 0.336 e. The van der Waals surface area contributed by atoms with Crippen LogP contribution in [0.2, 0.25) is 0 Å². The van der Waals surface area contributed by atoms with Crippen LogP contribution in [0.3, 0.4) is 0 Å². The van der Waals surface area contributed by atoms with E-state index in [1.54, 1.807) is 25.5 Å². The number of rotatable bonds is 5. The molecule has 0 aliphatic rings. The van der Waals surface area contributed by atoms with Gasteiger partial charge < -0.3 is 18.3 Å². The third-order valence-electron chi connectivity index (χ3n) is 3.87. The molecule has 0 fully saturated rings. The Bertz CT molecular complexity index is 1100. The summed E-state index contributed by atoms with van der Waals surface area (Å²) in [7, 11) is 1.62. The largest absolute Gasteiger partial charge is 0.497 e. The van der Waals surface area contributed by atoms with Crippen LogP contribution in [0.25, 0.3) is 22.4 Å². The molecule has 0 amide bonds. The van der Waals surface area contributed by atoms with E-state index in [0.717, 1.165) is 16.7 Å². The van der Waals surface area contributed by atoms with Gasteiger partial charge in [-0.1, -0.05) is 0 Å². The van der Waals surface area contributed by atoms with Gasteiger partial charge >= 0.3 is 5.63 Å². The van der Waals surface area contributed by atoms with Gasteiger partial charge in [0, 0.05) is 23.1 Å². The first kappa shape index (κ1) is 16.0. The average molecular weight is 349 g/mol. The van der Waals surface area contributed by atoms with E-state index < -0.39 is 5.63 Å². The second-order valence-electron chi connectivity index (χ2n) is 5.62. The number of methoxy groups -OCH3 is 1. The average Bonchev–Trinajstić information content (AvgIpc) is 3.15. The van der Waals surface area contributed by atoms with E-state index in [1.165, 1.54) is 6.07 Å². The van der Waals surface area contributed by atoms with Crippen molar-refractivity contribution in [1.29, 1.82) is 0 Å². The van der Waals surface area contributed by atoms with Crippen molar-refractivity contribution in [2.24, 2.45) is 0 Å². The van der Waals surface area contributed by atoms with E-state index in [2.05, 4.69) is 4.98 Å². The smallest absolute Gasteiger partial charge is 0.336 e. The molecule has 0 radical (unpaired) electrons. The zero-order chi connectivity index (χ0) is 17.9. The van der Waals surface area contributed by atoms with Crippen molar-refractivity contribution in [1.82, 2.24) is 4.98 Å². The van der Waals surface area contributed by atoms with Crippen LogP contribution in [0.4, 0.5) is 0 Å². The standard InChI is InChI=1S/C20H15NO5/c1-23-16-6-3-14(4-7-16)20-21-15(12-25-20)11-24-17-8-2-13-5-9-19(22)26-18(13)10-17/h2-10,12H,11H2,1H3. The molecule has 0 bridgehead atoms. The molecule has 2 aromatic carbocycles. The van der Waals surface area contributed by atoms with Crippen molar-refractivity contribution < 1.29 is 18.3 Å². The third-order valence-corrected chi connectivity index (χ3v) is 3.87. The summed E-state index contributed by atoms with van der Waals surface area (Å²) in [6, 6.07) is 15.9. The van der Waals surface area contributed by atoms with Gasteiger partial charge in [-0.25, -0.2) is 9.78 Å². The van der Waals surface area contributed by atoms with Gasteiger partial charge in [-0.05, 0) is 42.5 Å². The molecule has 6 nitrogen and oxygen atoms in total. The summed E-state index contributed by atoms with van der Waals surface area (Å²) in [6.45, 7) is 0.238. The maximum atomic E-state index is 11.3. The molecule has 0 unspecified atom stereocenters. The van der Waals surface area contributed by atoms with E-state index in [4.69, 9.17) is 18.3 Å². The number of oxazole rings is 1. The number of aromatic nitrogens is 1. The number of nitrogens with zero attached hydrogens (tertiary/aromatic N) is 1. The minimum atomic E-state index is -0.393. The van der Waals surface area contributed by atoms with Crippen LogP contribution in [0.5, 0.6) is 11.5 Å². The second kappa shape index (κ2) is 6.76. The van der Waals surface area contributed by atoms with Gasteiger partial charge in [-0.2, -0.15) is 0 Å². The lowest BCUT2D eigenvalue weighted by atomic mass is 10.2. The number of ether oxygens (including phenoxy) is 2. The molecule has 2 heterocycles. The first-order valence-corrected chi connectivity index (χ1v) is 7.97. The Labute approximate surface area is 148 Å². The Balaban J connectivity index is 1.48. The fourth-order valence-electron chi connectivity index (χ4n) is 2.53. The molecular weight excluding hydrogens is 334 g/mol. The van der Waals surface area contributed by atoms with E-state index in [1.807, 2.05) is 36.4 Å². The lowest BCUT2D eigenvalue weighted by molar-refractivity contribution is 0.301. The Hall–Kier alpha value is -3.54. The van der Waals surface area contributed by atoms with Crippen LogP contribution in [-0.4, -0.2) is 12.1 Å². The predicted octanol–water partition coefficient (Wildman–Crippen LogP) is 4.04. The molecule has 0 atom stereocenters. The molecule has 0 spiro atoms. The van der Waals surface area contributed by atoms with Gasteiger partial charge in [0.1, 0.15) is 35.6 Å². The van der Waals surface area contributed by atoms with E-state index >= 15 is 0 Å². The molecule has 2 aromatic heterocycles. The third kappa shape index (κ3) is 3.30. The van der Waals surface area contributed by atoms with E-state index in [9.17, 15) is 4.79 Å². The lowest BCUT2D eigenvalue weighted by Crippen LogP contribution is -1.97. The van der Waals surface area contributed by atoms with Crippen LogP contribution in [0.15, 0.2) is 74.5 Å². The fourth-order valence-corrected chi connectivity index (χ4v) is 2.53. The summed E-state index contributed by atoms with van der Waals surface area (Å²) < 4.78 is 21.5. The van der Waals surface area contributed by atoms with Crippen molar-refractivity contribution in [3.8, 4) is 23.0 Å². The zero-order valence-corrected chi connectivity index (χ0v) is 14.0. The molecule has 6 heteroatoms. The predicted molar refractivity (Wildman–Crippen MR) is 95.3 cm³/mol. The summed E-state index contributed by atoms with van der Waals surface area (Å²) in [4.78, 5) is 15.7. The minimum Gasteiger partial charge on any atom is -0.497 e. The van der Waals surface area contributed by atoms with Crippen LogP contribution in [-0.2, 0) is 6.61 Å². The molecule has 0 aliphatic carbocycles. The van der Waals surface area contributed by atoms with Gasteiger partial charge in [-0.15, -0.1) is 0 Å². The van der Waals surface area contributed by atoms with Gasteiger partial charge in [-0.3, -0.25) is 0 Å². The highest BCUT2D eigenvalue weighted by molar-refractivity contribution is 5.77. The van der Waals surface area contributed by atoms with Gasteiger partial charge in [0.25, 0.3) is 0 Å². The van der Waals surface area contributed by atoms with Crippen LogP contribution >= 0.6 is 0 Å². The van der Waals surface area contributed by atoms with Gasteiger partial charge in [0.15, 0.2) is 0 Å². The zero-order valence-electron chi connectivity index (χ0n) is 14.0. The molecule has 0 saturated heterocycles. The minimum absolute atomic E-state index is 0.238. The quantitative estimate of drug-likeness (QED) is 0.506. The summed E-state index contributed by atoms with van der Waals surface area (Å²) >= 11 is 0. The van der Waals surface area contributed by atoms with Gasteiger partial charge in [0.05, 0.1) is 7.11 Å². The number of hydrogen-bond acceptors (Lipinski definition) is 6. The molecule has 0 aliphatic heterocycles. The molecule has 26 heavy (non-hydrogen) atoms. The highest BCUT2D eigenvalue weighted by Gasteiger charge is 2.08. The number of hydrogen-bond donors (Lipinski definition) is 0. The summed E-state index contributed by atoms with van der Waals surface area (Å²) in [5.74, 6) is 1.86. The molecule has 4 rings (SSSR count). The molecular formula is C20H15NO5. The summed E-state index contributed by atoms with van der Waals surface area (Å²) in [5.41, 5.74) is 1.60. The molecule has 130 valence electrons. The van der Waals surface area contributed by atoms with E-state index in [0.29, 0.717) is 22.9 Å². The monoisotopic (exact) mass is 349 g/mol. The first-order chi connectivity index (χ1) is 12.7. The number of benzene rings is 2. The van der Waals surface area contributed by atoms with Crippen LogP contribution < -0.4 is 15.1 Å². The highest BCUT2D eigenvalue weighted by atomic mass is 16.5. The summed E-state index contributed by atoms with van der Waals surface area (Å²) in [6.07, 6.45) is 1.56. The highest BCUT2D eigenvalue weighted by Crippen LogP contribution is 2.23. The van der Waals surface area contributed by atoms with Crippen molar-refractivity contribution in [2.45, 2.75) is 6.61 Å². The Morgan fingerprint density at radius 2 is 1.77 bits per heavy atom. The normalized spacial score (nSPS) is 10.8. The molecule has 0 saturated carbocycles. The maximum absolute atomic E-state index is 11.3. The van der Waals surface area contributed by atoms with Crippen molar-refractivity contribution >= 4 is 11.0 Å². The van der Waals surface area contributed by atoms with Crippen LogP contribution in [0.1, 0.15) is 5.69 Å². The Morgan fingerprint density at radius 3 is 2.58 bits per heavy atom.